The van der Waals surface area contributed by atoms with Gasteiger partial charge in [0.2, 0.25) is 0 Å². The molecule has 0 saturated heterocycles. The Hall–Kier alpha value is 0.897. The molecule has 0 aliphatic carbocycles. The van der Waals surface area contributed by atoms with Crippen LogP contribution in [0.4, 0.5) is 0 Å². The maximum absolute atomic E-state index is 7.75. The van der Waals surface area contributed by atoms with Crippen LogP contribution < -0.4 is 26.5 Å². The van der Waals surface area contributed by atoms with Crippen LogP contribution in [-0.2, 0) is 44.2 Å². The van der Waals surface area contributed by atoms with Crippen LogP contribution in [0, 0.1) is 14.9 Å². The second-order valence-corrected chi connectivity index (χ2v) is 45.8. The van der Waals surface area contributed by atoms with Gasteiger partial charge in [0.25, 0.3) is 0 Å². The third kappa shape index (κ3) is 39.1. The quantitative estimate of drug-likeness (QED) is 0.0523. The van der Waals surface area contributed by atoms with E-state index in [1.165, 1.54) is 66.7 Å². The maximum atomic E-state index is 7.75. The van der Waals surface area contributed by atoms with Crippen LogP contribution in [0.3, 0.4) is 0 Å². The third-order valence-corrected chi connectivity index (χ3v) is 31.5. The molecule has 0 aromatic heterocycles. The van der Waals surface area contributed by atoms with Crippen LogP contribution in [0.2, 0.25) is 0 Å². The predicted octanol–water partition coefficient (Wildman–Crippen LogP) is 17.3. The molecular formula is C62H118Cl2N2O2P5Ru2+. The second kappa shape index (κ2) is 42.7. The molecule has 75 heavy (non-hydrogen) atoms. The molecule has 442 valence electrons. The fourth-order valence-electron chi connectivity index (χ4n) is 10.5. The molecule has 0 atom stereocenters. The SMILES string of the molecule is CC(C)(C)P(CCNCCP(C(C)(C)C)C(C)(C)C)C(C)(C)C.CC(C)(C)[PH+](CCNCC[PH+](C(C)(C)C)C(C)(C)C)C(C)(C)C.[CH-]=O.[CH-]=O.[CH3-].[CH3-].[Cl][RuH+2].[Cl][RuH].c1ccc([PH+](c2ccccc2)c2ccccc2)cc1. The van der Waals surface area contributed by atoms with Gasteiger partial charge in [-0.05, 0) is 166 Å². The van der Waals surface area contributed by atoms with Gasteiger partial charge in [-0.25, -0.2) is 0 Å². The van der Waals surface area contributed by atoms with Crippen LogP contribution in [0.1, 0.15) is 166 Å². The molecule has 0 amide bonds. The molecule has 0 bridgehead atoms. The summed E-state index contributed by atoms with van der Waals surface area (Å²) in [5.74, 6) is 0. The van der Waals surface area contributed by atoms with Crippen molar-refractivity contribution in [2.45, 2.75) is 207 Å². The largest absolute Gasteiger partial charge is 0.102 e. The molecule has 0 aliphatic rings. The van der Waals surface area contributed by atoms with Crippen LogP contribution >= 0.6 is 59.0 Å². The van der Waals surface area contributed by atoms with E-state index < -0.39 is 7.92 Å². The Morgan fingerprint density at radius 3 is 0.760 bits per heavy atom. The van der Waals surface area contributed by atoms with E-state index in [1.54, 1.807) is 34.6 Å². The molecule has 0 radical (unpaired) electrons. The number of benzene rings is 3. The minimum absolute atomic E-state index is 0. The topological polar surface area (TPSA) is 58.2 Å². The molecule has 4 nitrogen and oxygen atoms in total. The molecule has 0 saturated carbocycles. The summed E-state index contributed by atoms with van der Waals surface area (Å²) >= 11 is 3.24. The number of hydrogen-bond acceptors (Lipinski definition) is 4. The van der Waals surface area contributed by atoms with E-state index in [9.17, 15) is 0 Å². The van der Waals surface area contributed by atoms with Gasteiger partial charge in [0.05, 0.1) is 40.9 Å². The van der Waals surface area contributed by atoms with Crippen LogP contribution in [0.5, 0.6) is 0 Å². The van der Waals surface area contributed by atoms with E-state index in [-0.39, 0.29) is 46.5 Å². The molecule has 0 aliphatic heterocycles. The first kappa shape index (κ1) is 87.1. The summed E-state index contributed by atoms with van der Waals surface area (Å²) in [6.45, 7) is 69.5. The second-order valence-electron chi connectivity index (χ2n) is 26.4. The Morgan fingerprint density at radius 2 is 0.587 bits per heavy atom. The standard InChI is InChI=1S/2C20H45NP2.C18H15P.2CHO.2CH3.2ClH.2Ru.2H/c2*1-17(2,3)22(18(4,5)6)15-13-21-14-16-23(19(7,8)9)20(10,11)12;1-4-10-16(11-5-1)19(17-12-6-2-7-13-17)18-14-8-3-9-15-18;2*1-2;;;;;;;;/h2*21H,13-16H2,1-12H3;1-15H;2*1H;2*1H3;2*1H;;;;/q;;;4*-1;;;+1;+3;;/p+1. The molecule has 2 N–H and O–H groups in total. The van der Waals surface area contributed by atoms with Gasteiger partial charge in [-0.2, -0.15) is 0 Å². The number of rotatable bonds is 15. The van der Waals surface area contributed by atoms with Gasteiger partial charge in [0.1, 0.15) is 15.9 Å². The average molecular weight is 1350 g/mol. The fraction of sp³-hybridized carbons (Fsp3) is 0.645. The van der Waals surface area contributed by atoms with Crippen molar-refractivity contribution >= 4 is 88.5 Å². The Balaban J connectivity index is -0.000000220. The Bertz CT molecular complexity index is 1470. The first-order chi connectivity index (χ1) is 33.4. The van der Waals surface area contributed by atoms with Gasteiger partial charge in [0.15, 0.2) is 0 Å². The van der Waals surface area contributed by atoms with Crippen LogP contribution in [0.25, 0.3) is 0 Å². The zero-order valence-corrected chi connectivity index (χ0v) is 62.7. The summed E-state index contributed by atoms with van der Waals surface area (Å²) in [7, 11) is 7.61. The minimum Gasteiger partial charge on any atom is -0.0620 e. The smallest absolute Gasteiger partial charge is 0.0620 e. The molecule has 0 spiro atoms. The number of carbonyl (C=O) groups excluding carboxylic acids is 2. The van der Waals surface area contributed by atoms with E-state index in [0.29, 0.717) is 41.2 Å². The Labute approximate surface area is 503 Å². The molecule has 3 aromatic carbocycles. The first-order valence-corrected chi connectivity index (χ1v) is 38.6. The fourth-order valence-corrected chi connectivity index (χ4v) is 28.9. The maximum Gasteiger partial charge on any atom is 0.102 e. The minimum atomic E-state index is -0.877. The molecular weight excluding hydrogens is 1230 g/mol. The Morgan fingerprint density at radius 1 is 0.400 bits per heavy atom. The summed E-state index contributed by atoms with van der Waals surface area (Å²) in [5.41, 5.74) is 0. The number of nitrogens with one attached hydrogen (secondary N) is 2. The predicted molar refractivity (Wildman–Crippen MR) is 361 cm³/mol. The molecule has 0 heterocycles. The van der Waals surface area contributed by atoms with Crippen molar-refractivity contribution in [1.82, 2.24) is 10.6 Å². The molecule has 0 fully saturated rings. The molecule has 3 aromatic rings. The summed E-state index contributed by atoms with van der Waals surface area (Å²) in [5, 5.41) is 15.6. The average Bonchev–Trinajstić information content (AvgIpc) is 3.26. The van der Waals surface area contributed by atoms with Crippen molar-refractivity contribution in [1.29, 1.82) is 0 Å². The zero-order chi connectivity index (χ0) is 58.3. The third-order valence-electron chi connectivity index (χ3n) is 12.2. The van der Waals surface area contributed by atoms with Crippen LogP contribution in [0.15, 0.2) is 91.0 Å². The van der Waals surface area contributed by atoms with Gasteiger partial charge in [-0.1, -0.05) is 154 Å². The van der Waals surface area contributed by atoms with Crippen molar-refractivity contribution in [2.24, 2.45) is 0 Å². The van der Waals surface area contributed by atoms with Crippen molar-refractivity contribution in [3.05, 3.63) is 106 Å². The number of halogens is 2. The van der Waals surface area contributed by atoms with Gasteiger partial charge in [-0.15, -0.1) is 0 Å². The van der Waals surface area contributed by atoms with Crippen molar-refractivity contribution in [3.8, 4) is 0 Å². The summed E-state index contributed by atoms with van der Waals surface area (Å²) in [6.07, 6.45) is 5.44. The normalized spacial score (nSPS) is 12.1. The van der Waals surface area contributed by atoms with E-state index in [4.69, 9.17) is 9.59 Å². The zero-order valence-electron chi connectivity index (χ0n) is 52.7. The monoisotopic (exact) mass is 1350 g/mol. The first-order valence-electron chi connectivity index (χ1n) is 25.9. The van der Waals surface area contributed by atoms with E-state index in [1.807, 2.05) is 0 Å². The summed E-state index contributed by atoms with van der Waals surface area (Å²) < 4.78 is 0. The summed E-state index contributed by atoms with van der Waals surface area (Å²) in [6, 6.07) is 32.5. The Kier molecular flexibility index (Phi) is 49.6. The van der Waals surface area contributed by atoms with E-state index in [0.717, 1.165) is 0 Å². The molecule has 3 rings (SSSR count). The van der Waals surface area contributed by atoms with Crippen molar-refractivity contribution < 1.29 is 44.2 Å². The van der Waals surface area contributed by atoms with Gasteiger partial charge in [-0.3, -0.25) is 13.6 Å². The van der Waals surface area contributed by atoms with Crippen LogP contribution in [-0.4, -0.2) is 106 Å². The number of hydrogen-bond donors (Lipinski definition) is 2. The van der Waals surface area contributed by atoms with Gasteiger partial charge in [0, 0.05) is 28.9 Å². The van der Waals surface area contributed by atoms with Gasteiger partial charge >= 0.3 is 54.0 Å². The van der Waals surface area contributed by atoms with Crippen molar-refractivity contribution in [2.75, 3.05) is 50.8 Å². The van der Waals surface area contributed by atoms with Crippen molar-refractivity contribution in [3.63, 3.8) is 0 Å². The van der Waals surface area contributed by atoms with E-state index >= 15 is 0 Å². The van der Waals surface area contributed by atoms with E-state index in [2.05, 4.69) is 301 Å². The summed E-state index contributed by atoms with van der Waals surface area (Å²) in [4.78, 5) is 15.5. The molecule has 0 unspecified atom stereocenters. The molecule has 13 heteroatoms. The van der Waals surface area contributed by atoms with Gasteiger partial charge < -0.3 is 35.1 Å².